The lowest BCUT2D eigenvalue weighted by atomic mass is 10.1. The van der Waals surface area contributed by atoms with Crippen molar-refractivity contribution in [1.29, 1.82) is 0 Å². The highest BCUT2D eigenvalue weighted by molar-refractivity contribution is 6.07. The number of amides is 1. The van der Waals surface area contributed by atoms with Crippen molar-refractivity contribution in [3.8, 4) is 0 Å². The molecule has 20 heavy (non-hydrogen) atoms. The number of aryl methyl sites for hydroxylation is 2. The molecule has 3 heterocycles. The Morgan fingerprint density at radius 3 is 3.20 bits per heavy atom. The van der Waals surface area contributed by atoms with E-state index in [1.165, 1.54) is 17.5 Å². The van der Waals surface area contributed by atoms with E-state index in [1.54, 1.807) is 12.4 Å². The number of anilines is 1. The van der Waals surface area contributed by atoms with Gasteiger partial charge in [0, 0.05) is 11.8 Å². The third-order valence-electron chi connectivity index (χ3n) is 3.55. The zero-order valence-electron chi connectivity index (χ0n) is 10.5. The summed E-state index contributed by atoms with van der Waals surface area (Å²) in [5, 5.41) is 14.2. The quantitative estimate of drug-likeness (QED) is 0.761. The summed E-state index contributed by atoms with van der Waals surface area (Å²) in [4.78, 5) is 12.3. The van der Waals surface area contributed by atoms with E-state index in [1.807, 2.05) is 10.5 Å². The molecule has 4 rings (SSSR count). The van der Waals surface area contributed by atoms with Crippen molar-refractivity contribution in [2.75, 3.05) is 5.32 Å². The second-order valence-electron chi connectivity index (χ2n) is 4.74. The number of pyridine rings is 1. The van der Waals surface area contributed by atoms with Crippen LogP contribution in [0.4, 0.5) is 5.88 Å². The molecule has 0 aliphatic heterocycles. The second-order valence-corrected chi connectivity index (χ2v) is 4.74. The summed E-state index contributed by atoms with van der Waals surface area (Å²) in [5.74, 6) is 0.0441. The van der Waals surface area contributed by atoms with Gasteiger partial charge in [0.05, 0.1) is 11.8 Å². The van der Waals surface area contributed by atoms with Crippen molar-refractivity contribution in [3.63, 3.8) is 0 Å². The second kappa shape index (κ2) is 4.16. The molecule has 0 saturated carbocycles. The maximum absolute atomic E-state index is 12.3. The molecule has 0 spiro atoms. The Balaban J connectivity index is 1.81. The van der Waals surface area contributed by atoms with E-state index < -0.39 is 0 Å². The molecule has 0 radical (unpaired) electrons. The van der Waals surface area contributed by atoms with Crippen LogP contribution in [0.3, 0.4) is 0 Å². The van der Waals surface area contributed by atoms with Gasteiger partial charge in [0.2, 0.25) is 5.88 Å². The van der Waals surface area contributed by atoms with Crippen molar-refractivity contribution < 1.29 is 9.32 Å². The van der Waals surface area contributed by atoms with Crippen LogP contribution in [0.5, 0.6) is 0 Å². The summed E-state index contributed by atoms with van der Waals surface area (Å²) in [6.45, 7) is 0. The normalized spacial score (nSPS) is 13.6. The van der Waals surface area contributed by atoms with Crippen molar-refractivity contribution in [2.45, 2.75) is 19.3 Å². The highest BCUT2D eigenvalue weighted by Crippen LogP contribution is 2.25. The Bertz CT molecular complexity index is 791. The summed E-state index contributed by atoms with van der Waals surface area (Å²) >= 11 is 0. The molecule has 7 heteroatoms. The third-order valence-corrected chi connectivity index (χ3v) is 3.55. The van der Waals surface area contributed by atoms with Gasteiger partial charge in [-0.25, -0.2) is 0 Å². The highest BCUT2D eigenvalue weighted by atomic mass is 16.5. The van der Waals surface area contributed by atoms with E-state index >= 15 is 0 Å². The monoisotopic (exact) mass is 269 g/mol. The molecule has 100 valence electrons. The molecule has 3 aromatic heterocycles. The van der Waals surface area contributed by atoms with Crippen molar-refractivity contribution in [1.82, 2.24) is 19.8 Å². The van der Waals surface area contributed by atoms with Gasteiger partial charge in [0.1, 0.15) is 6.33 Å². The average molecular weight is 269 g/mol. The van der Waals surface area contributed by atoms with E-state index in [0.717, 1.165) is 19.3 Å². The van der Waals surface area contributed by atoms with Crippen LogP contribution < -0.4 is 5.32 Å². The minimum absolute atomic E-state index is 0.269. The molecule has 3 aromatic rings. The van der Waals surface area contributed by atoms with Crippen molar-refractivity contribution >= 4 is 17.4 Å². The lowest BCUT2D eigenvalue weighted by Gasteiger charge is -2.08. The van der Waals surface area contributed by atoms with E-state index in [4.69, 9.17) is 4.52 Å². The first kappa shape index (κ1) is 11.2. The SMILES string of the molecule is O=C(Nc1ccno1)c1cc2c(n3cnnc13)CCC2. The standard InChI is InChI=1S/C13H11N5O2/c19-13(16-11-4-5-15-20-11)9-6-8-2-1-3-10(8)18-7-14-17-12(9)18/h4-7H,1-3H2,(H,16,19). The zero-order chi connectivity index (χ0) is 13.5. The number of carbonyl (C=O) groups is 1. The summed E-state index contributed by atoms with van der Waals surface area (Å²) < 4.78 is 6.79. The van der Waals surface area contributed by atoms with Crippen LogP contribution in [0.15, 0.2) is 29.2 Å². The molecule has 0 saturated heterocycles. The van der Waals surface area contributed by atoms with Gasteiger partial charge in [-0.05, 0) is 30.9 Å². The Morgan fingerprint density at radius 2 is 2.35 bits per heavy atom. The molecule has 1 aliphatic rings. The fraction of sp³-hybridized carbons (Fsp3) is 0.231. The average Bonchev–Trinajstić information content (AvgIpc) is 3.17. The van der Waals surface area contributed by atoms with Gasteiger partial charge < -0.3 is 4.52 Å². The molecular weight excluding hydrogens is 258 g/mol. The molecule has 0 unspecified atom stereocenters. The fourth-order valence-electron chi connectivity index (χ4n) is 2.66. The number of nitrogens with one attached hydrogen (secondary N) is 1. The Hall–Kier alpha value is -2.70. The molecule has 1 N–H and O–H groups in total. The number of fused-ring (bicyclic) bond motifs is 3. The van der Waals surface area contributed by atoms with Gasteiger partial charge in [-0.3, -0.25) is 14.5 Å². The number of aromatic nitrogens is 4. The summed E-state index contributed by atoms with van der Waals surface area (Å²) in [6, 6.07) is 3.49. The lowest BCUT2D eigenvalue weighted by molar-refractivity contribution is 0.102. The van der Waals surface area contributed by atoms with E-state index in [-0.39, 0.29) is 5.91 Å². The topological polar surface area (TPSA) is 85.3 Å². The number of carbonyl (C=O) groups excluding carboxylic acids is 1. The van der Waals surface area contributed by atoms with E-state index in [9.17, 15) is 4.79 Å². The third kappa shape index (κ3) is 1.59. The predicted octanol–water partition coefficient (Wildman–Crippen LogP) is 1.46. The van der Waals surface area contributed by atoms with Gasteiger partial charge in [0.25, 0.3) is 5.91 Å². The molecule has 0 fully saturated rings. The van der Waals surface area contributed by atoms with Crippen LogP contribution >= 0.6 is 0 Å². The Kier molecular flexibility index (Phi) is 2.32. The molecular formula is C13H11N5O2. The first-order chi connectivity index (χ1) is 9.83. The van der Waals surface area contributed by atoms with Gasteiger partial charge >= 0.3 is 0 Å². The number of nitrogens with zero attached hydrogens (tertiary/aromatic N) is 4. The summed E-state index contributed by atoms with van der Waals surface area (Å²) in [7, 11) is 0. The predicted molar refractivity (Wildman–Crippen MR) is 69.5 cm³/mol. The van der Waals surface area contributed by atoms with Crippen LogP contribution in [0.25, 0.3) is 5.65 Å². The van der Waals surface area contributed by atoms with Gasteiger partial charge in [0.15, 0.2) is 5.65 Å². The van der Waals surface area contributed by atoms with Crippen LogP contribution in [-0.4, -0.2) is 25.7 Å². The first-order valence-electron chi connectivity index (χ1n) is 6.39. The maximum atomic E-state index is 12.3. The minimum Gasteiger partial charge on any atom is -0.338 e. The molecule has 1 aliphatic carbocycles. The van der Waals surface area contributed by atoms with Crippen molar-refractivity contribution in [2.24, 2.45) is 0 Å². The Labute approximate surface area is 113 Å². The zero-order valence-corrected chi connectivity index (χ0v) is 10.5. The Morgan fingerprint density at radius 1 is 1.40 bits per heavy atom. The number of rotatable bonds is 2. The molecule has 7 nitrogen and oxygen atoms in total. The molecule has 0 aromatic carbocycles. The molecule has 0 bridgehead atoms. The van der Waals surface area contributed by atoms with Gasteiger partial charge in [-0.1, -0.05) is 5.16 Å². The van der Waals surface area contributed by atoms with Crippen molar-refractivity contribution in [3.05, 3.63) is 41.5 Å². The van der Waals surface area contributed by atoms with Crippen LogP contribution in [0, 0.1) is 0 Å². The smallest absolute Gasteiger partial charge is 0.261 e. The van der Waals surface area contributed by atoms with Crippen LogP contribution in [-0.2, 0) is 12.8 Å². The molecule has 1 amide bonds. The maximum Gasteiger partial charge on any atom is 0.261 e. The highest BCUT2D eigenvalue weighted by Gasteiger charge is 2.21. The number of hydrogen-bond acceptors (Lipinski definition) is 5. The van der Waals surface area contributed by atoms with Gasteiger partial charge in [-0.2, -0.15) is 0 Å². The van der Waals surface area contributed by atoms with E-state index in [2.05, 4.69) is 20.7 Å². The minimum atomic E-state index is -0.269. The van der Waals surface area contributed by atoms with Gasteiger partial charge in [-0.15, -0.1) is 10.2 Å². The largest absolute Gasteiger partial charge is 0.338 e. The first-order valence-corrected chi connectivity index (χ1v) is 6.39. The number of hydrogen-bond donors (Lipinski definition) is 1. The fourth-order valence-corrected chi connectivity index (χ4v) is 2.66. The summed E-state index contributed by atoms with van der Waals surface area (Å²) in [6.07, 6.45) is 6.20. The lowest BCUT2D eigenvalue weighted by Crippen LogP contribution is -2.14. The van der Waals surface area contributed by atoms with E-state index in [0.29, 0.717) is 17.1 Å². The van der Waals surface area contributed by atoms with Crippen LogP contribution in [0.2, 0.25) is 0 Å². The summed E-state index contributed by atoms with van der Waals surface area (Å²) in [5.41, 5.74) is 3.45. The van der Waals surface area contributed by atoms with Crippen LogP contribution in [0.1, 0.15) is 28.0 Å². The molecule has 0 atom stereocenters.